The van der Waals surface area contributed by atoms with Gasteiger partial charge in [0.25, 0.3) is 10.0 Å². The summed E-state index contributed by atoms with van der Waals surface area (Å²) in [6, 6.07) is 13.9. The first-order chi connectivity index (χ1) is 18.9. The number of nitrogens with one attached hydrogen (secondary N) is 1. The lowest BCUT2D eigenvalue weighted by Crippen LogP contribution is -2.14. The van der Waals surface area contributed by atoms with E-state index in [9.17, 15) is 8.42 Å². The molecule has 0 unspecified atom stereocenters. The summed E-state index contributed by atoms with van der Waals surface area (Å²) < 4.78 is 51.4. The van der Waals surface area contributed by atoms with E-state index in [1.54, 1.807) is 30.6 Å². The number of rotatable bonds is 7. The van der Waals surface area contributed by atoms with Crippen LogP contribution in [-0.2, 0) is 10.0 Å². The van der Waals surface area contributed by atoms with Crippen molar-refractivity contribution in [3.05, 3.63) is 85.3 Å². The average Bonchev–Trinajstić information content (AvgIpc) is 3.60. The van der Waals surface area contributed by atoms with Gasteiger partial charge in [0.2, 0.25) is 0 Å². The molecule has 11 heteroatoms. The molecule has 198 valence electrons. The van der Waals surface area contributed by atoms with Crippen LogP contribution in [0.3, 0.4) is 0 Å². The first-order valence-electron chi connectivity index (χ1n) is 12.5. The maximum atomic E-state index is 15.3. The molecule has 1 aliphatic rings. The third-order valence-corrected chi connectivity index (χ3v) is 8.28. The van der Waals surface area contributed by atoms with Crippen LogP contribution in [0, 0.1) is 5.82 Å². The second-order valence-electron chi connectivity index (χ2n) is 9.40. The fraction of sp³-hybridized carbons (Fsp3) is 0.179. The normalized spacial score (nSPS) is 14.1. The molecule has 0 atom stereocenters. The standard InChI is InChI=1S/C28H25FN6O3S/c29-24-15-18(23-16-35(19-3-1-2-4-19)28-26(23)27(30)32-17-33-28)5-10-25(24)34-39(36,37)22-8-6-20(7-9-22)38-21-11-13-31-14-12-21/h5-17,19,34H,1-4H2,(H2,30,32,33). The Bertz CT molecular complexity index is 1750. The Kier molecular flexibility index (Phi) is 6.35. The lowest BCUT2D eigenvalue weighted by molar-refractivity contribution is 0.481. The molecule has 0 amide bonds. The number of pyridine rings is 1. The van der Waals surface area contributed by atoms with Crippen LogP contribution >= 0.6 is 0 Å². The number of fused-ring (bicyclic) bond motifs is 1. The van der Waals surface area contributed by atoms with Crippen molar-refractivity contribution < 1.29 is 17.5 Å². The summed E-state index contributed by atoms with van der Waals surface area (Å²) >= 11 is 0. The first-order valence-corrected chi connectivity index (χ1v) is 14.0. The van der Waals surface area contributed by atoms with E-state index in [1.165, 1.54) is 42.7 Å². The van der Waals surface area contributed by atoms with E-state index in [0.29, 0.717) is 45.5 Å². The highest BCUT2D eigenvalue weighted by Crippen LogP contribution is 2.39. The third-order valence-electron chi connectivity index (χ3n) is 6.90. The fourth-order valence-corrected chi connectivity index (χ4v) is 6.05. The SMILES string of the molecule is Nc1ncnc2c1c(-c1ccc(NS(=O)(=O)c3ccc(Oc4ccncc4)cc3)c(F)c1)cn2C1CCCC1. The van der Waals surface area contributed by atoms with Crippen LogP contribution in [0.1, 0.15) is 31.7 Å². The predicted molar refractivity (Wildman–Crippen MR) is 146 cm³/mol. The van der Waals surface area contributed by atoms with Crippen molar-refractivity contribution in [2.45, 2.75) is 36.6 Å². The Hall–Kier alpha value is -4.51. The lowest BCUT2D eigenvalue weighted by atomic mass is 10.1. The lowest BCUT2D eigenvalue weighted by Gasteiger charge is -2.12. The van der Waals surface area contributed by atoms with Crippen molar-refractivity contribution in [1.82, 2.24) is 19.5 Å². The number of hydrogen-bond donors (Lipinski definition) is 2. The second kappa shape index (κ2) is 9.99. The van der Waals surface area contributed by atoms with Crippen LogP contribution in [0.25, 0.3) is 22.2 Å². The highest BCUT2D eigenvalue weighted by molar-refractivity contribution is 7.92. The van der Waals surface area contributed by atoms with Gasteiger partial charge < -0.3 is 15.0 Å². The number of benzene rings is 2. The summed E-state index contributed by atoms with van der Waals surface area (Å²) in [6.07, 6.45) is 10.9. The highest BCUT2D eigenvalue weighted by Gasteiger charge is 2.24. The van der Waals surface area contributed by atoms with E-state index >= 15 is 4.39 Å². The molecule has 0 saturated heterocycles. The van der Waals surface area contributed by atoms with E-state index < -0.39 is 15.8 Å². The van der Waals surface area contributed by atoms with Gasteiger partial charge in [-0.2, -0.15) is 0 Å². The van der Waals surface area contributed by atoms with Gasteiger partial charge in [0.1, 0.15) is 35.1 Å². The van der Waals surface area contributed by atoms with E-state index in [0.717, 1.165) is 25.7 Å². The van der Waals surface area contributed by atoms with Gasteiger partial charge in [-0.15, -0.1) is 0 Å². The molecule has 0 bridgehead atoms. The van der Waals surface area contributed by atoms with Crippen LogP contribution in [0.4, 0.5) is 15.9 Å². The van der Waals surface area contributed by atoms with Gasteiger partial charge >= 0.3 is 0 Å². The molecule has 1 saturated carbocycles. The summed E-state index contributed by atoms with van der Waals surface area (Å²) in [5.41, 5.74) is 8.02. The van der Waals surface area contributed by atoms with Gasteiger partial charge in [-0.3, -0.25) is 9.71 Å². The molecule has 0 aliphatic heterocycles. The Morgan fingerprint density at radius 2 is 1.69 bits per heavy atom. The molecule has 39 heavy (non-hydrogen) atoms. The number of aromatic nitrogens is 4. The molecule has 6 rings (SSSR count). The Morgan fingerprint density at radius 1 is 0.974 bits per heavy atom. The minimum atomic E-state index is -4.05. The predicted octanol–water partition coefficient (Wildman–Crippen LogP) is 5.92. The first kappa shape index (κ1) is 24.8. The van der Waals surface area contributed by atoms with Crippen molar-refractivity contribution in [2.75, 3.05) is 10.5 Å². The largest absolute Gasteiger partial charge is 0.457 e. The zero-order chi connectivity index (χ0) is 27.0. The second-order valence-corrected chi connectivity index (χ2v) is 11.1. The summed E-state index contributed by atoms with van der Waals surface area (Å²) in [5, 5.41) is 0.659. The van der Waals surface area contributed by atoms with Gasteiger partial charge in [0.15, 0.2) is 0 Å². The van der Waals surface area contributed by atoms with Crippen molar-refractivity contribution in [3.8, 4) is 22.6 Å². The molecule has 5 aromatic rings. The molecule has 3 N–H and O–H groups in total. The quantitative estimate of drug-likeness (QED) is 0.260. The van der Waals surface area contributed by atoms with Gasteiger partial charge in [-0.05, 0) is 66.9 Å². The zero-order valence-electron chi connectivity index (χ0n) is 20.8. The molecule has 0 radical (unpaired) electrons. The third kappa shape index (κ3) is 4.88. The Balaban J connectivity index is 1.26. The minimum absolute atomic E-state index is 0.0300. The molecular weight excluding hydrogens is 519 g/mol. The molecule has 1 aliphatic carbocycles. The monoisotopic (exact) mass is 544 g/mol. The molecule has 2 aromatic carbocycles. The van der Waals surface area contributed by atoms with Crippen molar-refractivity contribution in [3.63, 3.8) is 0 Å². The average molecular weight is 545 g/mol. The topological polar surface area (TPSA) is 125 Å². The number of nitrogen functional groups attached to an aromatic ring is 1. The van der Waals surface area contributed by atoms with Gasteiger partial charge in [-0.1, -0.05) is 18.9 Å². The number of halogens is 1. The van der Waals surface area contributed by atoms with Gasteiger partial charge in [0.05, 0.1) is 16.0 Å². The van der Waals surface area contributed by atoms with E-state index in [2.05, 4.69) is 24.2 Å². The molecule has 1 fully saturated rings. The molecule has 9 nitrogen and oxygen atoms in total. The van der Waals surface area contributed by atoms with Crippen LogP contribution in [0.2, 0.25) is 0 Å². The fourth-order valence-electron chi connectivity index (χ4n) is 4.99. The Labute approximate surface area is 224 Å². The summed E-state index contributed by atoms with van der Waals surface area (Å²) in [7, 11) is -4.05. The van der Waals surface area contributed by atoms with Crippen LogP contribution in [0.5, 0.6) is 11.5 Å². The summed E-state index contributed by atoms with van der Waals surface area (Å²) in [5.74, 6) is 0.621. The molecular formula is C28H25FN6O3S. The van der Waals surface area contributed by atoms with Crippen LogP contribution in [0.15, 0.2) is 84.4 Å². The number of nitrogens with two attached hydrogens (primary N) is 1. The minimum Gasteiger partial charge on any atom is -0.457 e. The zero-order valence-corrected chi connectivity index (χ0v) is 21.6. The Morgan fingerprint density at radius 3 is 2.41 bits per heavy atom. The molecule has 0 spiro atoms. The number of anilines is 2. The van der Waals surface area contributed by atoms with Crippen LogP contribution in [-0.4, -0.2) is 27.9 Å². The highest BCUT2D eigenvalue weighted by atomic mass is 32.2. The van der Waals surface area contributed by atoms with Crippen molar-refractivity contribution in [1.29, 1.82) is 0 Å². The van der Waals surface area contributed by atoms with Gasteiger partial charge in [-0.25, -0.2) is 22.8 Å². The van der Waals surface area contributed by atoms with E-state index in [1.807, 2.05) is 6.20 Å². The summed E-state index contributed by atoms with van der Waals surface area (Å²) in [6.45, 7) is 0. The maximum Gasteiger partial charge on any atom is 0.261 e. The summed E-state index contributed by atoms with van der Waals surface area (Å²) in [4.78, 5) is 12.5. The maximum absolute atomic E-state index is 15.3. The van der Waals surface area contributed by atoms with Crippen molar-refractivity contribution in [2.24, 2.45) is 0 Å². The van der Waals surface area contributed by atoms with Crippen LogP contribution < -0.4 is 15.2 Å². The smallest absolute Gasteiger partial charge is 0.261 e. The van der Waals surface area contributed by atoms with E-state index in [-0.39, 0.29) is 10.6 Å². The number of sulfonamides is 1. The van der Waals surface area contributed by atoms with E-state index in [4.69, 9.17) is 10.5 Å². The van der Waals surface area contributed by atoms with Crippen molar-refractivity contribution >= 4 is 32.6 Å². The van der Waals surface area contributed by atoms with Gasteiger partial charge in [0, 0.05) is 30.2 Å². The molecule has 3 aromatic heterocycles. The number of hydrogen-bond acceptors (Lipinski definition) is 7. The number of ether oxygens (including phenoxy) is 1. The number of nitrogens with zero attached hydrogens (tertiary/aromatic N) is 4. The molecule has 3 heterocycles.